The zero-order chi connectivity index (χ0) is 16.8. The van der Waals surface area contributed by atoms with E-state index in [1.165, 1.54) is 42.6 Å². The number of fused-ring (bicyclic) bond motifs is 2. The molecular formula is C19H20N2O3S. The summed E-state index contributed by atoms with van der Waals surface area (Å²) in [6.07, 6.45) is 7.66. The highest BCUT2D eigenvalue weighted by Gasteiger charge is 2.36. The van der Waals surface area contributed by atoms with E-state index in [2.05, 4.69) is 10.3 Å². The lowest BCUT2D eigenvalue weighted by atomic mass is 10.1. The van der Waals surface area contributed by atoms with Gasteiger partial charge in [-0.25, -0.2) is 4.98 Å². The Kier molecular flexibility index (Phi) is 3.66. The molecule has 0 bridgehead atoms. The number of ether oxygens (including phenoxy) is 2. The average Bonchev–Trinajstić information content (AvgIpc) is 3.47. The van der Waals surface area contributed by atoms with Gasteiger partial charge in [-0.05, 0) is 37.5 Å². The maximum atomic E-state index is 12.4. The van der Waals surface area contributed by atoms with E-state index in [0.717, 1.165) is 28.1 Å². The second-order valence-corrected chi connectivity index (χ2v) is 8.05. The second-order valence-electron chi connectivity index (χ2n) is 7.02. The Morgan fingerprint density at radius 2 is 1.80 bits per heavy atom. The van der Waals surface area contributed by atoms with E-state index in [1.807, 2.05) is 18.2 Å². The van der Waals surface area contributed by atoms with Gasteiger partial charge in [-0.1, -0.05) is 16.9 Å². The molecule has 0 radical (unpaired) electrons. The summed E-state index contributed by atoms with van der Waals surface area (Å²) in [7, 11) is 0. The molecule has 1 amide bonds. The second kappa shape index (κ2) is 6.02. The van der Waals surface area contributed by atoms with Gasteiger partial charge in [0.1, 0.15) is 0 Å². The predicted octanol–water partition coefficient (Wildman–Crippen LogP) is 4.14. The zero-order valence-electron chi connectivity index (χ0n) is 13.9. The van der Waals surface area contributed by atoms with Gasteiger partial charge in [-0.2, -0.15) is 0 Å². The van der Waals surface area contributed by atoms with Crippen LogP contribution >= 0.6 is 11.3 Å². The molecule has 1 N–H and O–H groups in total. The summed E-state index contributed by atoms with van der Waals surface area (Å²) >= 11 is 1.47. The van der Waals surface area contributed by atoms with Crippen LogP contribution in [0.5, 0.6) is 11.5 Å². The molecule has 25 heavy (non-hydrogen) atoms. The van der Waals surface area contributed by atoms with Gasteiger partial charge < -0.3 is 9.47 Å². The minimum absolute atomic E-state index is 0.0538. The van der Waals surface area contributed by atoms with Crippen molar-refractivity contribution in [3.63, 3.8) is 0 Å². The molecule has 5 rings (SSSR count). The maximum Gasteiger partial charge on any atom is 0.250 e. The number of benzene rings is 1. The molecule has 2 fully saturated rings. The molecule has 2 heterocycles. The molecule has 2 aliphatic carbocycles. The first-order chi connectivity index (χ1) is 12.3. The normalized spacial score (nSPS) is 19.4. The number of allylic oxidation sites excluding steroid dienone is 1. The van der Waals surface area contributed by atoms with Gasteiger partial charge in [-0.3, -0.25) is 10.1 Å². The standard InChI is InChI=1S/C19H20N2O3S/c22-18(8-13(11-2-3-11)12-4-5-12)21-19-20-14-9-15-16(10-17(14)25-19)24-7-1-6-23-15/h8-12H,1-7H2,(H,20,21,22). The van der Waals surface area contributed by atoms with Crippen molar-refractivity contribution < 1.29 is 14.3 Å². The number of anilines is 1. The zero-order valence-corrected chi connectivity index (χ0v) is 14.7. The number of carbonyl (C=O) groups excluding carboxylic acids is 1. The van der Waals surface area contributed by atoms with Gasteiger partial charge in [0.15, 0.2) is 16.6 Å². The van der Waals surface area contributed by atoms with Crippen molar-refractivity contribution in [3.8, 4) is 11.5 Å². The molecule has 3 aliphatic rings. The molecule has 1 aliphatic heterocycles. The molecule has 6 heteroatoms. The smallest absolute Gasteiger partial charge is 0.250 e. The van der Waals surface area contributed by atoms with Gasteiger partial charge in [0, 0.05) is 24.6 Å². The summed E-state index contributed by atoms with van der Waals surface area (Å²) in [5.41, 5.74) is 2.19. The minimum atomic E-state index is -0.0538. The van der Waals surface area contributed by atoms with E-state index in [4.69, 9.17) is 9.47 Å². The van der Waals surface area contributed by atoms with Crippen molar-refractivity contribution in [1.82, 2.24) is 4.98 Å². The number of nitrogens with zero attached hydrogens (tertiary/aromatic N) is 1. The summed E-state index contributed by atoms with van der Waals surface area (Å²) in [5, 5.41) is 3.57. The Morgan fingerprint density at radius 1 is 1.12 bits per heavy atom. The maximum absolute atomic E-state index is 12.4. The monoisotopic (exact) mass is 356 g/mol. The van der Waals surface area contributed by atoms with E-state index in [-0.39, 0.29) is 5.91 Å². The lowest BCUT2D eigenvalue weighted by Crippen LogP contribution is -2.09. The number of nitrogens with one attached hydrogen (secondary N) is 1. The van der Waals surface area contributed by atoms with Crippen LogP contribution in [0, 0.1) is 11.8 Å². The van der Waals surface area contributed by atoms with Gasteiger partial charge in [0.25, 0.3) is 0 Å². The summed E-state index contributed by atoms with van der Waals surface area (Å²) in [6, 6.07) is 3.86. The molecule has 2 aromatic rings. The van der Waals surface area contributed by atoms with Crippen LogP contribution in [0.4, 0.5) is 5.13 Å². The molecular weight excluding hydrogens is 336 g/mol. The van der Waals surface area contributed by atoms with Gasteiger partial charge in [-0.15, -0.1) is 0 Å². The van der Waals surface area contributed by atoms with Crippen LogP contribution < -0.4 is 14.8 Å². The first kappa shape index (κ1) is 15.2. The Morgan fingerprint density at radius 3 is 2.48 bits per heavy atom. The first-order valence-corrected chi connectivity index (χ1v) is 9.80. The van der Waals surface area contributed by atoms with Gasteiger partial charge in [0.05, 0.1) is 23.4 Å². The third-order valence-electron chi connectivity index (χ3n) is 4.88. The molecule has 1 aromatic carbocycles. The number of thiazole rings is 1. The van der Waals surface area contributed by atoms with E-state index in [9.17, 15) is 4.79 Å². The highest BCUT2D eigenvalue weighted by Crippen LogP contribution is 2.48. The van der Waals surface area contributed by atoms with Crippen LogP contribution in [0.2, 0.25) is 0 Å². The number of rotatable bonds is 4. The Labute approximate surface area is 150 Å². The fourth-order valence-electron chi connectivity index (χ4n) is 3.33. The highest BCUT2D eigenvalue weighted by molar-refractivity contribution is 7.22. The lowest BCUT2D eigenvalue weighted by Gasteiger charge is -2.05. The molecule has 0 atom stereocenters. The fourth-order valence-corrected chi connectivity index (χ4v) is 4.21. The molecule has 5 nitrogen and oxygen atoms in total. The highest BCUT2D eigenvalue weighted by atomic mass is 32.1. The number of carbonyl (C=O) groups is 1. The number of hydrogen-bond donors (Lipinski definition) is 1. The molecule has 2 saturated carbocycles. The van der Waals surface area contributed by atoms with Crippen LogP contribution in [-0.2, 0) is 4.79 Å². The van der Waals surface area contributed by atoms with Crippen molar-refractivity contribution in [3.05, 3.63) is 23.8 Å². The first-order valence-electron chi connectivity index (χ1n) is 8.99. The summed E-state index contributed by atoms with van der Waals surface area (Å²) in [6.45, 7) is 1.32. The quantitative estimate of drug-likeness (QED) is 0.836. The summed E-state index contributed by atoms with van der Waals surface area (Å²) in [4.78, 5) is 16.9. The van der Waals surface area contributed by atoms with Crippen LogP contribution in [-0.4, -0.2) is 24.1 Å². The lowest BCUT2D eigenvalue weighted by molar-refractivity contribution is -0.112. The van der Waals surface area contributed by atoms with Crippen molar-refractivity contribution in [2.75, 3.05) is 18.5 Å². The third-order valence-corrected chi connectivity index (χ3v) is 5.82. The van der Waals surface area contributed by atoms with Crippen molar-refractivity contribution in [2.45, 2.75) is 32.1 Å². The van der Waals surface area contributed by atoms with Crippen LogP contribution in [0.1, 0.15) is 32.1 Å². The number of hydrogen-bond acceptors (Lipinski definition) is 5. The fraction of sp³-hybridized carbons (Fsp3) is 0.474. The Bertz CT molecular complexity index is 808. The van der Waals surface area contributed by atoms with Crippen LogP contribution in [0.15, 0.2) is 23.8 Å². The van der Waals surface area contributed by atoms with Gasteiger partial charge >= 0.3 is 0 Å². The number of amides is 1. The largest absolute Gasteiger partial charge is 0.490 e. The van der Waals surface area contributed by atoms with E-state index in [1.54, 1.807) is 0 Å². The Hall–Kier alpha value is -2.08. The molecule has 0 spiro atoms. The molecule has 0 unspecified atom stereocenters. The summed E-state index contributed by atoms with van der Waals surface area (Å²) < 4.78 is 12.4. The topological polar surface area (TPSA) is 60.5 Å². The number of aromatic nitrogens is 1. The van der Waals surface area contributed by atoms with Crippen LogP contribution in [0.3, 0.4) is 0 Å². The van der Waals surface area contributed by atoms with Crippen molar-refractivity contribution in [2.24, 2.45) is 11.8 Å². The van der Waals surface area contributed by atoms with Crippen molar-refractivity contribution >= 4 is 32.6 Å². The molecule has 0 saturated heterocycles. The average molecular weight is 356 g/mol. The van der Waals surface area contributed by atoms with E-state index >= 15 is 0 Å². The van der Waals surface area contributed by atoms with Crippen molar-refractivity contribution in [1.29, 1.82) is 0 Å². The third kappa shape index (κ3) is 3.23. The SMILES string of the molecule is O=C(C=C(C1CC1)C1CC1)Nc1nc2cc3c(cc2s1)OCCCO3. The van der Waals surface area contributed by atoms with E-state index in [0.29, 0.717) is 30.2 Å². The minimum Gasteiger partial charge on any atom is -0.490 e. The Balaban J connectivity index is 1.37. The molecule has 1 aromatic heterocycles. The van der Waals surface area contributed by atoms with Gasteiger partial charge in [0.2, 0.25) is 5.91 Å². The van der Waals surface area contributed by atoms with Crippen LogP contribution in [0.25, 0.3) is 10.2 Å². The summed E-state index contributed by atoms with van der Waals surface area (Å²) in [5.74, 6) is 2.74. The van der Waals surface area contributed by atoms with E-state index < -0.39 is 0 Å². The predicted molar refractivity (Wildman–Crippen MR) is 97.4 cm³/mol. The molecule has 130 valence electrons.